The van der Waals surface area contributed by atoms with Gasteiger partial charge in [-0.1, -0.05) is 48.4 Å². The van der Waals surface area contributed by atoms with E-state index in [1.807, 2.05) is 55.5 Å². The number of fused-ring (bicyclic) bond motifs is 2. The van der Waals surface area contributed by atoms with E-state index in [0.717, 1.165) is 11.1 Å². The van der Waals surface area contributed by atoms with Crippen LogP contribution >= 0.6 is 0 Å². The summed E-state index contributed by atoms with van der Waals surface area (Å²) in [4.78, 5) is 12.7. The van der Waals surface area contributed by atoms with E-state index in [1.54, 1.807) is 0 Å². The summed E-state index contributed by atoms with van der Waals surface area (Å²) in [6.07, 6.45) is 5.51. The molecule has 0 spiro atoms. The van der Waals surface area contributed by atoms with Gasteiger partial charge in [0.05, 0.1) is 13.7 Å². The summed E-state index contributed by atoms with van der Waals surface area (Å²) in [5.74, 6) is 5.85. The first-order valence-electron chi connectivity index (χ1n) is 7.31. The first-order valence-corrected chi connectivity index (χ1v) is 7.31. The summed E-state index contributed by atoms with van der Waals surface area (Å²) in [6.45, 7) is 2.35. The maximum atomic E-state index is 12.7. The van der Waals surface area contributed by atoms with Crippen LogP contribution < -0.4 is 0 Å². The van der Waals surface area contributed by atoms with Gasteiger partial charge in [-0.05, 0) is 18.6 Å². The summed E-state index contributed by atoms with van der Waals surface area (Å²) < 4.78 is 11.1. The molecule has 0 radical (unpaired) electrons. The molecular formula is C19H18O3. The summed E-state index contributed by atoms with van der Waals surface area (Å²) in [6, 6.07) is 9.63. The van der Waals surface area contributed by atoms with E-state index in [1.165, 1.54) is 7.11 Å². The van der Waals surface area contributed by atoms with Gasteiger partial charge in [-0.25, -0.2) is 0 Å². The zero-order valence-electron chi connectivity index (χ0n) is 12.7. The van der Waals surface area contributed by atoms with Crippen molar-refractivity contribution in [3.8, 4) is 11.8 Å². The van der Waals surface area contributed by atoms with Gasteiger partial charge in [-0.15, -0.1) is 5.92 Å². The Labute approximate surface area is 130 Å². The van der Waals surface area contributed by atoms with Crippen LogP contribution in [0, 0.1) is 17.8 Å². The number of rotatable bonds is 2. The summed E-state index contributed by atoms with van der Waals surface area (Å²) in [5.41, 5.74) is 0.921. The van der Waals surface area contributed by atoms with Crippen molar-refractivity contribution in [3.63, 3.8) is 0 Å². The van der Waals surface area contributed by atoms with E-state index < -0.39 is 11.5 Å². The predicted molar refractivity (Wildman–Crippen MR) is 84.0 cm³/mol. The van der Waals surface area contributed by atoms with E-state index in [4.69, 9.17) is 9.47 Å². The number of carbonyl (C=O) groups excluding carboxylic acids is 1. The predicted octanol–water partition coefficient (Wildman–Crippen LogP) is 2.63. The fourth-order valence-electron chi connectivity index (χ4n) is 3.14. The van der Waals surface area contributed by atoms with Gasteiger partial charge in [0.15, 0.2) is 0 Å². The molecule has 3 unspecified atom stereocenters. The van der Waals surface area contributed by atoms with Crippen molar-refractivity contribution in [3.05, 3.63) is 59.7 Å². The van der Waals surface area contributed by atoms with Crippen LogP contribution in [-0.2, 0) is 19.7 Å². The summed E-state index contributed by atoms with van der Waals surface area (Å²) >= 11 is 0. The molecule has 0 saturated heterocycles. The van der Waals surface area contributed by atoms with Crippen molar-refractivity contribution < 1.29 is 14.3 Å². The highest BCUT2D eigenvalue weighted by atomic mass is 16.5. The van der Waals surface area contributed by atoms with E-state index in [-0.39, 0.29) is 11.9 Å². The minimum atomic E-state index is -0.956. The molecular weight excluding hydrogens is 276 g/mol. The Bertz CT molecular complexity index is 690. The zero-order valence-corrected chi connectivity index (χ0v) is 12.7. The first kappa shape index (κ1) is 14.6. The molecule has 1 aliphatic carbocycles. The Morgan fingerprint density at radius 3 is 2.82 bits per heavy atom. The van der Waals surface area contributed by atoms with Gasteiger partial charge < -0.3 is 9.47 Å². The van der Waals surface area contributed by atoms with Crippen LogP contribution in [0.3, 0.4) is 0 Å². The molecule has 2 bridgehead atoms. The monoisotopic (exact) mass is 294 g/mol. The standard InChI is InChI=1S/C19H18O3/c1-3-7-14-12-17-19(18(20)21-2,11-10-15(14)13-22-17)16-8-5-4-6-9-16/h4-6,8-12,15,17H,13H2,1-2H3. The summed E-state index contributed by atoms with van der Waals surface area (Å²) in [7, 11) is 1.41. The van der Waals surface area contributed by atoms with E-state index >= 15 is 0 Å². The minimum absolute atomic E-state index is 0.0962. The molecule has 2 heterocycles. The molecule has 3 aliphatic rings. The maximum absolute atomic E-state index is 12.7. The topological polar surface area (TPSA) is 35.5 Å². The highest BCUT2D eigenvalue weighted by Gasteiger charge is 2.49. The van der Waals surface area contributed by atoms with E-state index in [0.29, 0.717) is 6.61 Å². The Hall–Kier alpha value is -2.31. The Morgan fingerprint density at radius 2 is 2.14 bits per heavy atom. The first-order chi connectivity index (χ1) is 10.7. The Kier molecular flexibility index (Phi) is 3.87. The van der Waals surface area contributed by atoms with Crippen molar-refractivity contribution in [2.45, 2.75) is 18.4 Å². The van der Waals surface area contributed by atoms with Crippen LogP contribution in [0.5, 0.6) is 0 Å². The maximum Gasteiger partial charge on any atom is 0.323 e. The molecule has 22 heavy (non-hydrogen) atoms. The SMILES string of the molecule is CC#CC1=CC2OCC1C=CC2(C(=O)OC)c1ccccc1. The van der Waals surface area contributed by atoms with Gasteiger partial charge in [0, 0.05) is 11.5 Å². The number of benzene rings is 1. The van der Waals surface area contributed by atoms with E-state index in [9.17, 15) is 4.79 Å². The number of ether oxygens (including phenoxy) is 2. The number of methoxy groups -OCH3 is 1. The van der Waals surface area contributed by atoms with Crippen molar-refractivity contribution in [1.82, 2.24) is 0 Å². The van der Waals surface area contributed by atoms with Gasteiger partial charge in [0.2, 0.25) is 0 Å². The van der Waals surface area contributed by atoms with Gasteiger partial charge in [-0.2, -0.15) is 0 Å². The third-order valence-corrected chi connectivity index (χ3v) is 4.27. The normalized spacial score (nSPS) is 29.1. The van der Waals surface area contributed by atoms with Gasteiger partial charge >= 0.3 is 5.97 Å². The highest BCUT2D eigenvalue weighted by Crippen LogP contribution is 2.41. The molecule has 112 valence electrons. The number of esters is 1. The van der Waals surface area contributed by atoms with Crippen LogP contribution in [0.15, 0.2) is 54.1 Å². The van der Waals surface area contributed by atoms with E-state index in [2.05, 4.69) is 11.8 Å². The lowest BCUT2D eigenvalue weighted by Crippen LogP contribution is -2.46. The van der Waals surface area contributed by atoms with Crippen molar-refractivity contribution in [2.24, 2.45) is 5.92 Å². The molecule has 2 aliphatic heterocycles. The van der Waals surface area contributed by atoms with Crippen molar-refractivity contribution in [1.29, 1.82) is 0 Å². The van der Waals surface area contributed by atoms with Crippen molar-refractivity contribution in [2.75, 3.05) is 13.7 Å². The average Bonchev–Trinajstić information content (AvgIpc) is 2.84. The third kappa shape index (κ3) is 2.17. The lowest BCUT2D eigenvalue weighted by atomic mass is 9.75. The van der Waals surface area contributed by atoms with Crippen LogP contribution in [-0.4, -0.2) is 25.8 Å². The molecule has 0 fully saturated rings. The largest absolute Gasteiger partial charge is 0.468 e. The Balaban J connectivity index is 2.19. The van der Waals surface area contributed by atoms with Crippen LogP contribution in [0.1, 0.15) is 12.5 Å². The fraction of sp³-hybridized carbons (Fsp3) is 0.316. The van der Waals surface area contributed by atoms with Crippen LogP contribution in [0.2, 0.25) is 0 Å². The molecule has 0 aromatic heterocycles. The second kappa shape index (κ2) is 5.82. The molecule has 0 saturated carbocycles. The smallest absolute Gasteiger partial charge is 0.323 e. The highest BCUT2D eigenvalue weighted by molar-refractivity contribution is 5.87. The second-order valence-corrected chi connectivity index (χ2v) is 5.44. The summed E-state index contributed by atoms with van der Waals surface area (Å²) in [5, 5.41) is 0. The molecule has 4 rings (SSSR count). The molecule has 1 aromatic rings. The number of carbonyl (C=O) groups is 1. The Morgan fingerprint density at radius 1 is 1.36 bits per heavy atom. The van der Waals surface area contributed by atoms with Crippen molar-refractivity contribution >= 4 is 5.97 Å². The molecule has 3 nitrogen and oxygen atoms in total. The van der Waals surface area contributed by atoms with Gasteiger partial charge in [0.25, 0.3) is 0 Å². The second-order valence-electron chi connectivity index (χ2n) is 5.44. The number of hydrogen-bond donors (Lipinski definition) is 0. The minimum Gasteiger partial charge on any atom is -0.468 e. The molecule has 3 atom stereocenters. The lowest BCUT2D eigenvalue weighted by Gasteiger charge is -2.35. The van der Waals surface area contributed by atoms with Crippen LogP contribution in [0.4, 0.5) is 0 Å². The van der Waals surface area contributed by atoms with Crippen LogP contribution in [0.25, 0.3) is 0 Å². The molecule has 3 heteroatoms. The quantitative estimate of drug-likeness (QED) is 0.478. The molecule has 0 N–H and O–H groups in total. The average molecular weight is 294 g/mol. The fourth-order valence-corrected chi connectivity index (χ4v) is 3.14. The lowest BCUT2D eigenvalue weighted by molar-refractivity contribution is -0.150. The molecule has 0 amide bonds. The zero-order chi connectivity index (χ0) is 15.6. The molecule has 1 aromatic carbocycles. The van der Waals surface area contributed by atoms with Gasteiger partial charge in [0.1, 0.15) is 11.5 Å². The number of hydrogen-bond acceptors (Lipinski definition) is 3. The third-order valence-electron chi connectivity index (χ3n) is 4.27. The van der Waals surface area contributed by atoms with Gasteiger partial charge in [-0.3, -0.25) is 4.79 Å².